The largest absolute Gasteiger partial charge is 0.282 e. The maximum atomic E-state index is 7.51. The molecule has 0 atom stereocenters. The van der Waals surface area contributed by atoms with Gasteiger partial charge in [-0.2, -0.15) is 0 Å². The molecule has 0 aromatic carbocycles. The Balaban J connectivity index is 2.70. The summed E-state index contributed by atoms with van der Waals surface area (Å²) in [6.45, 7) is 1.79. The molecule has 0 saturated carbocycles. The molecule has 1 N–H and O–H groups in total. The molecule has 0 unspecified atom stereocenters. The molecule has 0 bridgehead atoms. The summed E-state index contributed by atoms with van der Waals surface area (Å²) in [5.74, 6) is 0.188. The monoisotopic (exact) mass is 174 g/mol. The molecule has 0 fully saturated rings. The lowest BCUT2D eigenvalue weighted by Crippen LogP contribution is -1.94. The van der Waals surface area contributed by atoms with Crippen LogP contribution in [0.3, 0.4) is 0 Å². The van der Waals surface area contributed by atoms with E-state index in [1.165, 1.54) is 6.34 Å². The molecule has 0 aliphatic heterocycles. The number of aromatic nitrogens is 1. The Bertz CT molecular complexity index is 327. The quantitative estimate of drug-likeness (QED) is 0.536. The first-order valence-corrected chi connectivity index (χ1v) is 3.84. The van der Waals surface area contributed by atoms with Crippen molar-refractivity contribution < 1.29 is 0 Å². The molecule has 4 nitrogen and oxygen atoms in total. The highest BCUT2D eigenvalue weighted by Gasteiger charge is 1.94. The number of aliphatic imine (C=N–C) groups is 2. The van der Waals surface area contributed by atoms with Crippen LogP contribution in [-0.4, -0.2) is 23.4 Å². The van der Waals surface area contributed by atoms with Crippen molar-refractivity contribution in [2.24, 2.45) is 9.98 Å². The molecule has 0 radical (unpaired) electrons. The normalized spacial score (nSPS) is 11.2. The molecule has 1 aromatic heterocycles. The number of rotatable bonds is 2. The van der Waals surface area contributed by atoms with Gasteiger partial charge in [-0.3, -0.25) is 10.4 Å². The predicted octanol–water partition coefficient (Wildman–Crippen LogP) is 1.53. The van der Waals surface area contributed by atoms with Crippen LogP contribution in [0.4, 0.5) is 0 Å². The second kappa shape index (κ2) is 4.92. The van der Waals surface area contributed by atoms with Crippen molar-refractivity contribution in [3.8, 4) is 0 Å². The topological polar surface area (TPSA) is 61.5 Å². The van der Waals surface area contributed by atoms with E-state index in [2.05, 4.69) is 15.0 Å². The average Bonchev–Trinajstić information content (AvgIpc) is 2.19. The zero-order valence-electron chi connectivity index (χ0n) is 7.31. The number of nitrogens with zero attached hydrogens (tertiary/aromatic N) is 3. The number of hydrogen-bond donors (Lipinski definition) is 1. The molecule has 1 rings (SSSR count). The minimum Gasteiger partial charge on any atom is -0.282 e. The van der Waals surface area contributed by atoms with Crippen LogP contribution in [0.2, 0.25) is 0 Å². The number of nitrogens with one attached hydrogen (secondary N) is 1. The molecule has 0 spiro atoms. The molecule has 13 heavy (non-hydrogen) atoms. The lowest BCUT2D eigenvalue weighted by molar-refractivity contribution is 1.30. The molecule has 1 aromatic rings. The van der Waals surface area contributed by atoms with Gasteiger partial charge in [-0.15, -0.1) is 0 Å². The van der Waals surface area contributed by atoms with Crippen LogP contribution >= 0.6 is 0 Å². The molecule has 66 valence electrons. The summed E-state index contributed by atoms with van der Waals surface area (Å²) in [6, 6.07) is 3.46. The van der Waals surface area contributed by atoms with E-state index in [0.717, 1.165) is 5.56 Å². The zero-order chi connectivity index (χ0) is 9.52. The van der Waals surface area contributed by atoms with Gasteiger partial charge in [0.25, 0.3) is 0 Å². The van der Waals surface area contributed by atoms with Gasteiger partial charge in [-0.1, -0.05) is 0 Å². The summed E-state index contributed by atoms with van der Waals surface area (Å²) in [4.78, 5) is 11.4. The Morgan fingerprint density at radius 1 is 1.46 bits per heavy atom. The maximum absolute atomic E-state index is 7.51. The summed E-state index contributed by atoms with van der Waals surface area (Å²) in [6.07, 6.45) is 6.22. The fourth-order valence-corrected chi connectivity index (χ4v) is 0.742. The molecule has 0 aliphatic carbocycles. The first-order valence-electron chi connectivity index (χ1n) is 3.84. The van der Waals surface area contributed by atoms with Crippen LogP contribution in [-0.2, 0) is 0 Å². The highest BCUT2D eigenvalue weighted by atomic mass is 14.9. The lowest BCUT2D eigenvalue weighted by atomic mass is 10.2. The average molecular weight is 174 g/mol. The highest BCUT2D eigenvalue weighted by molar-refractivity contribution is 6.00. The number of hydrogen-bond acceptors (Lipinski definition) is 2. The van der Waals surface area contributed by atoms with E-state index in [9.17, 15) is 0 Å². The van der Waals surface area contributed by atoms with E-state index in [0.29, 0.717) is 0 Å². The third kappa shape index (κ3) is 2.94. The predicted molar refractivity (Wildman–Crippen MR) is 53.7 cm³/mol. The van der Waals surface area contributed by atoms with Gasteiger partial charge in [-0.05, 0) is 19.1 Å². The van der Waals surface area contributed by atoms with Crippen molar-refractivity contribution in [3.05, 3.63) is 30.1 Å². The second-order valence-corrected chi connectivity index (χ2v) is 2.24. The van der Waals surface area contributed by atoms with Crippen molar-refractivity contribution >= 4 is 18.4 Å². The van der Waals surface area contributed by atoms with Crippen LogP contribution in [0.25, 0.3) is 0 Å². The minimum absolute atomic E-state index is 0.188. The summed E-state index contributed by atoms with van der Waals surface area (Å²) in [5.41, 5.74) is 0.734. The van der Waals surface area contributed by atoms with Gasteiger partial charge in [0.1, 0.15) is 6.34 Å². The zero-order valence-corrected chi connectivity index (χ0v) is 7.31. The van der Waals surface area contributed by atoms with Crippen molar-refractivity contribution in [2.45, 2.75) is 6.92 Å². The van der Waals surface area contributed by atoms with Gasteiger partial charge in [0.05, 0.1) is 0 Å². The molecule has 1 heterocycles. The molecule has 0 saturated heterocycles. The third-order valence-corrected chi connectivity index (χ3v) is 1.36. The van der Waals surface area contributed by atoms with Crippen molar-refractivity contribution in [1.82, 2.24) is 4.98 Å². The fraction of sp³-hybridized carbons (Fsp3) is 0.111. The Kier molecular flexibility index (Phi) is 3.50. The van der Waals surface area contributed by atoms with Gasteiger partial charge in [0.2, 0.25) is 0 Å². The first-order chi connectivity index (χ1) is 6.34. The Morgan fingerprint density at radius 2 is 2.15 bits per heavy atom. The van der Waals surface area contributed by atoms with Crippen molar-refractivity contribution in [1.29, 1.82) is 5.41 Å². The van der Waals surface area contributed by atoms with Gasteiger partial charge >= 0.3 is 0 Å². The van der Waals surface area contributed by atoms with E-state index in [1.54, 1.807) is 37.7 Å². The van der Waals surface area contributed by atoms with Crippen LogP contribution < -0.4 is 0 Å². The Hall–Kier alpha value is -1.84. The van der Waals surface area contributed by atoms with E-state index in [4.69, 9.17) is 5.41 Å². The lowest BCUT2D eigenvalue weighted by Gasteiger charge is -1.94. The van der Waals surface area contributed by atoms with Gasteiger partial charge in [0, 0.05) is 24.2 Å². The van der Waals surface area contributed by atoms with Crippen LogP contribution in [0.5, 0.6) is 0 Å². The van der Waals surface area contributed by atoms with Gasteiger partial charge in [0.15, 0.2) is 5.84 Å². The van der Waals surface area contributed by atoms with Crippen LogP contribution in [0.1, 0.15) is 12.5 Å². The third-order valence-electron chi connectivity index (χ3n) is 1.36. The molecular formula is C9H10N4. The van der Waals surface area contributed by atoms with Crippen LogP contribution in [0, 0.1) is 5.41 Å². The smallest absolute Gasteiger partial charge is 0.153 e. The summed E-state index contributed by atoms with van der Waals surface area (Å²) in [7, 11) is 0. The van der Waals surface area contributed by atoms with E-state index in [-0.39, 0.29) is 5.84 Å². The minimum atomic E-state index is 0.188. The Labute approximate surface area is 76.6 Å². The first kappa shape index (κ1) is 9.25. The van der Waals surface area contributed by atoms with E-state index < -0.39 is 0 Å². The maximum Gasteiger partial charge on any atom is 0.153 e. The Morgan fingerprint density at radius 3 is 2.77 bits per heavy atom. The fourth-order valence-electron chi connectivity index (χ4n) is 0.742. The molecule has 4 heteroatoms. The van der Waals surface area contributed by atoms with Gasteiger partial charge in [-0.25, -0.2) is 9.98 Å². The van der Waals surface area contributed by atoms with Crippen molar-refractivity contribution in [2.75, 3.05) is 0 Å². The van der Waals surface area contributed by atoms with Gasteiger partial charge < -0.3 is 0 Å². The molecule has 0 amide bonds. The van der Waals surface area contributed by atoms with E-state index in [1.807, 2.05) is 0 Å². The second-order valence-electron chi connectivity index (χ2n) is 2.24. The van der Waals surface area contributed by atoms with E-state index >= 15 is 0 Å². The number of pyridine rings is 1. The molecule has 0 aliphatic rings. The summed E-state index contributed by atoms with van der Waals surface area (Å²) >= 11 is 0. The molecular weight excluding hydrogens is 164 g/mol. The summed E-state index contributed by atoms with van der Waals surface area (Å²) < 4.78 is 0. The summed E-state index contributed by atoms with van der Waals surface area (Å²) in [5, 5.41) is 7.51. The highest BCUT2D eigenvalue weighted by Crippen LogP contribution is 1.97. The SMILES string of the molecule is CC=NC=NC(=N)c1ccncc1. The van der Waals surface area contributed by atoms with Crippen molar-refractivity contribution in [3.63, 3.8) is 0 Å². The standard InChI is InChI=1S/C9H10N4/c1-2-11-7-13-9(10)8-3-5-12-6-4-8/h2-7,10H,1H3. The number of amidine groups is 1. The van der Waals surface area contributed by atoms with Crippen LogP contribution in [0.15, 0.2) is 34.5 Å².